The van der Waals surface area contributed by atoms with E-state index in [1.165, 1.54) is 25.7 Å². The van der Waals surface area contributed by atoms with Crippen LogP contribution in [0, 0.1) is 24.2 Å². The lowest BCUT2D eigenvalue weighted by atomic mass is 9.92. The van der Waals surface area contributed by atoms with E-state index in [4.69, 9.17) is 6.42 Å². The molecule has 1 atom stereocenters. The van der Waals surface area contributed by atoms with Gasteiger partial charge in [-0.15, -0.1) is 12.3 Å². The highest BCUT2D eigenvalue weighted by Crippen LogP contribution is 2.19. The Bertz CT molecular complexity index is 127. The molecule has 0 radical (unpaired) electrons. The number of hydrogen-bond acceptors (Lipinski definition) is 0. The fraction of sp³-hybridized carbons (Fsp3) is 0.833. The molecule has 0 nitrogen and oxygen atoms in total. The molecule has 0 aliphatic carbocycles. The quantitative estimate of drug-likeness (QED) is 0.526. The van der Waals surface area contributed by atoms with Crippen LogP contribution < -0.4 is 0 Å². The van der Waals surface area contributed by atoms with Crippen LogP contribution in [0.4, 0.5) is 0 Å². The fourth-order valence-electron chi connectivity index (χ4n) is 1.41. The van der Waals surface area contributed by atoms with Gasteiger partial charge in [0.15, 0.2) is 0 Å². The SMILES string of the molecule is C#CCCC(CC)CCC(C)C. The summed E-state index contributed by atoms with van der Waals surface area (Å²) in [5, 5.41) is 0. The van der Waals surface area contributed by atoms with E-state index in [1.807, 2.05) is 0 Å². The van der Waals surface area contributed by atoms with E-state index in [1.54, 1.807) is 0 Å². The zero-order chi connectivity index (χ0) is 9.40. The first-order valence-electron chi connectivity index (χ1n) is 5.14. The first-order chi connectivity index (χ1) is 5.70. The van der Waals surface area contributed by atoms with E-state index in [2.05, 4.69) is 26.7 Å². The molecule has 1 unspecified atom stereocenters. The van der Waals surface area contributed by atoms with Crippen LogP contribution in [0.2, 0.25) is 0 Å². The maximum absolute atomic E-state index is 5.24. The van der Waals surface area contributed by atoms with E-state index in [0.29, 0.717) is 0 Å². The fourth-order valence-corrected chi connectivity index (χ4v) is 1.41. The molecular formula is C12H22. The summed E-state index contributed by atoms with van der Waals surface area (Å²) >= 11 is 0. The summed E-state index contributed by atoms with van der Waals surface area (Å²) in [5.41, 5.74) is 0. The Morgan fingerprint density at radius 3 is 2.25 bits per heavy atom. The largest absolute Gasteiger partial charge is 0.120 e. The minimum Gasteiger partial charge on any atom is -0.120 e. The van der Waals surface area contributed by atoms with Crippen molar-refractivity contribution < 1.29 is 0 Å². The summed E-state index contributed by atoms with van der Waals surface area (Å²) in [5.74, 6) is 4.42. The summed E-state index contributed by atoms with van der Waals surface area (Å²) in [6, 6.07) is 0. The third kappa shape index (κ3) is 6.28. The van der Waals surface area contributed by atoms with Gasteiger partial charge in [-0.2, -0.15) is 0 Å². The second kappa shape index (κ2) is 7.22. The van der Waals surface area contributed by atoms with Crippen molar-refractivity contribution in [1.29, 1.82) is 0 Å². The van der Waals surface area contributed by atoms with Crippen LogP contribution in [0.25, 0.3) is 0 Å². The number of hydrogen-bond donors (Lipinski definition) is 0. The molecule has 0 N–H and O–H groups in total. The minimum atomic E-state index is 0.838. The smallest absolute Gasteiger partial charge is 0.00886 e. The predicted molar refractivity (Wildman–Crippen MR) is 55.9 cm³/mol. The van der Waals surface area contributed by atoms with Gasteiger partial charge in [0.25, 0.3) is 0 Å². The van der Waals surface area contributed by atoms with Gasteiger partial charge in [-0.1, -0.05) is 40.0 Å². The second-order valence-corrected chi connectivity index (χ2v) is 3.99. The molecule has 0 saturated heterocycles. The molecule has 0 heteroatoms. The van der Waals surface area contributed by atoms with Gasteiger partial charge in [0.1, 0.15) is 0 Å². The molecule has 0 aromatic heterocycles. The standard InChI is InChI=1S/C12H22/c1-5-7-8-12(6-2)10-9-11(3)4/h1,11-12H,6-10H2,2-4H3. The molecule has 0 aromatic carbocycles. The number of terminal acetylenes is 1. The van der Waals surface area contributed by atoms with Crippen molar-refractivity contribution in [3.63, 3.8) is 0 Å². The van der Waals surface area contributed by atoms with E-state index in [9.17, 15) is 0 Å². The van der Waals surface area contributed by atoms with Crippen LogP contribution in [0.3, 0.4) is 0 Å². The molecule has 12 heavy (non-hydrogen) atoms. The molecule has 0 aromatic rings. The molecule has 0 rings (SSSR count). The molecule has 0 aliphatic rings. The second-order valence-electron chi connectivity index (χ2n) is 3.99. The molecular weight excluding hydrogens is 144 g/mol. The number of rotatable bonds is 6. The Labute approximate surface area is 77.8 Å². The Balaban J connectivity index is 3.47. The van der Waals surface area contributed by atoms with Gasteiger partial charge in [-0.05, 0) is 18.3 Å². The molecule has 0 bridgehead atoms. The van der Waals surface area contributed by atoms with Crippen LogP contribution in [0.15, 0.2) is 0 Å². The average molecular weight is 166 g/mol. The highest BCUT2D eigenvalue weighted by Gasteiger charge is 2.05. The zero-order valence-corrected chi connectivity index (χ0v) is 8.77. The molecule has 0 amide bonds. The van der Waals surface area contributed by atoms with Crippen LogP contribution in [-0.2, 0) is 0 Å². The first-order valence-corrected chi connectivity index (χ1v) is 5.14. The van der Waals surface area contributed by atoms with Crippen molar-refractivity contribution in [2.75, 3.05) is 0 Å². The van der Waals surface area contributed by atoms with Crippen molar-refractivity contribution in [2.24, 2.45) is 11.8 Å². The molecule has 0 aliphatic heterocycles. The van der Waals surface area contributed by atoms with E-state index in [-0.39, 0.29) is 0 Å². The third-order valence-electron chi connectivity index (χ3n) is 2.43. The van der Waals surface area contributed by atoms with Crippen molar-refractivity contribution >= 4 is 0 Å². The molecule has 0 heterocycles. The van der Waals surface area contributed by atoms with Crippen molar-refractivity contribution in [3.05, 3.63) is 0 Å². The van der Waals surface area contributed by atoms with Gasteiger partial charge >= 0.3 is 0 Å². The summed E-state index contributed by atoms with van der Waals surface area (Å²) in [6.07, 6.45) is 11.4. The van der Waals surface area contributed by atoms with E-state index >= 15 is 0 Å². The zero-order valence-electron chi connectivity index (χ0n) is 8.77. The van der Waals surface area contributed by atoms with Crippen molar-refractivity contribution in [1.82, 2.24) is 0 Å². The molecule has 0 fully saturated rings. The van der Waals surface area contributed by atoms with E-state index in [0.717, 1.165) is 18.3 Å². The lowest BCUT2D eigenvalue weighted by Gasteiger charge is -2.14. The van der Waals surface area contributed by atoms with E-state index < -0.39 is 0 Å². The average Bonchev–Trinajstić information content (AvgIpc) is 2.05. The van der Waals surface area contributed by atoms with Crippen LogP contribution >= 0.6 is 0 Å². The van der Waals surface area contributed by atoms with Gasteiger partial charge < -0.3 is 0 Å². The highest BCUT2D eigenvalue weighted by atomic mass is 14.1. The Kier molecular flexibility index (Phi) is 6.96. The summed E-state index contributed by atoms with van der Waals surface area (Å²) < 4.78 is 0. The maximum atomic E-state index is 5.24. The molecule has 0 saturated carbocycles. The van der Waals surface area contributed by atoms with Crippen LogP contribution in [0.5, 0.6) is 0 Å². The van der Waals surface area contributed by atoms with Gasteiger partial charge in [0, 0.05) is 6.42 Å². The first kappa shape index (κ1) is 11.6. The van der Waals surface area contributed by atoms with Gasteiger partial charge in [-0.25, -0.2) is 0 Å². The highest BCUT2D eigenvalue weighted by molar-refractivity contribution is 4.84. The van der Waals surface area contributed by atoms with Crippen LogP contribution in [0.1, 0.15) is 52.9 Å². The van der Waals surface area contributed by atoms with Gasteiger partial charge in [0.2, 0.25) is 0 Å². The Morgan fingerprint density at radius 1 is 1.17 bits per heavy atom. The minimum absolute atomic E-state index is 0.838. The molecule has 70 valence electrons. The normalized spacial score (nSPS) is 12.9. The lowest BCUT2D eigenvalue weighted by molar-refractivity contribution is 0.395. The lowest BCUT2D eigenvalue weighted by Crippen LogP contribution is -2.00. The van der Waals surface area contributed by atoms with Crippen LogP contribution in [-0.4, -0.2) is 0 Å². The monoisotopic (exact) mass is 166 g/mol. The van der Waals surface area contributed by atoms with Gasteiger partial charge in [-0.3, -0.25) is 0 Å². The maximum Gasteiger partial charge on any atom is 0.00886 e. The Hall–Kier alpha value is -0.440. The van der Waals surface area contributed by atoms with Crippen molar-refractivity contribution in [2.45, 2.75) is 52.9 Å². The topological polar surface area (TPSA) is 0 Å². The predicted octanol–water partition coefficient (Wildman–Crippen LogP) is 3.86. The third-order valence-corrected chi connectivity index (χ3v) is 2.43. The Morgan fingerprint density at radius 2 is 1.83 bits per heavy atom. The van der Waals surface area contributed by atoms with Crippen molar-refractivity contribution in [3.8, 4) is 12.3 Å². The summed E-state index contributed by atoms with van der Waals surface area (Å²) in [7, 11) is 0. The van der Waals surface area contributed by atoms with Gasteiger partial charge in [0.05, 0.1) is 0 Å². The summed E-state index contributed by atoms with van der Waals surface area (Å²) in [4.78, 5) is 0. The molecule has 0 spiro atoms. The summed E-state index contributed by atoms with van der Waals surface area (Å²) in [6.45, 7) is 6.84.